The number of nitrogen functional groups attached to an aromatic ring is 1. The number of fused-ring (bicyclic) bond motifs is 1. The molecule has 0 fully saturated rings. The Morgan fingerprint density at radius 1 is 1.26 bits per heavy atom. The lowest BCUT2D eigenvalue weighted by Crippen LogP contribution is -2.37. The number of nitrogens with zero attached hydrogens (tertiary/aromatic N) is 1. The molecule has 0 unspecified atom stereocenters. The number of carbonyl (C=O) groups is 1. The number of carbonyl (C=O) groups excluding carboxylic acids is 1. The standard InChI is InChI=1S/C19H22ClN3O2.2ClH/c1-25-18-11-17(21)16(20)10-15(18)19(24)22-7-9-23-8-6-13-4-2-3-5-14(13)12-23;;/h2-5,10-11H,6-9,12,21H2,1H3,(H,22,24);2*1H. The lowest BCUT2D eigenvalue weighted by molar-refractivity contribution is 0.0944. The van der Waals surface area contributed by atoms with E-state index in [9.17, 15) is 4.79 Å². The number of ether oxygens (including phenoxy) is 1. The molecule has 1 aliphatic rings. The number of hydrogen-bond acceptors (Lipinski definition) is 4. The molecular formula is C19H24Cl3N3O2. The molecule has 0 aromatic heterocycles. The molecule has 8 heteroatoms. The zero-order valence-electron chi connectivity index (χ0n) is 15.0. The van der Waals surface area contributed by atoms with E-state index in [-0.39, 0.29) is 30.7 Å². The topological polar surface area (TPSA) is 67.6 Å². The van der Waals surface area contributed by atoms with Gasteiger partial charge in [0.1, 0.15) is 5.75 Å². The maximum Gasteiger partial charge on any atom is 0.255 e. The van der Waals surface area contributed by atoms with Gasteiger partial charge < -0.3 is 15.8 Å². The summed E-state index contributed by atoms with van der Waals surface area (Å²) in [6.45, 7) is 3.28. The first-order valence-electron chi connectivity index (χ1n) is 8.29. The Hall–Kier alpha value is -1.66. The highest BCUT2D eigenvalue weighted by Crippen LogP contribution is 2.28. The molecule has 27 heavy (non-hydrogen) atoms. The highest BCUT2D eigenvalue weighted by molar-refractivity contribution is 6.33. The second kappa shape index (κ2) is 10.6. The fourth-order valence-electron chi connectivity index (χ4n) is 3.08. The van der Waals surface area contributed by atoms with Gasteiger partial charge in [0.2, 0.25) is 0 Å². The predicted octanol–water partition coefficient (Wildman–Crippen LogP) is 3.56. The average Bonchev–Trinajstić information content (AvgIpc) is 2.63. The van der Waals surface area contributed by atoms with E-state index in [2.05, 4.69) is 34.5 Å². The average molecular weight is 433 g/mol. The molecule has 0 saturated heterocycles. The molecule has 0 aliphatic carbocycles. The minimum absolute atomic E-state index is 0. The number of anilines is 1. The van der Waals surface area contributed by atoms with E-state index in [0.29, 0.717) is 28.6 Å². The first-order chi connectivity index (χ1) is 12.1. The van der Waals surface area contributed by atoms with Crippen LogP contribution in [0.2, 0.25) is 5.02 Å². The largest absolute Gasteiger partial charge is 0.496 e. The smallest absolute Gasteiger partial charge is 0.255 e. The van der Waals surface area contributed by atoms with Crippen molar-refractivity contribution in [3.05, 3.63) is 58.1 Å². The van der Waals surface area contributed by atoms with Gasteiger partial charge in [-0.2, -0.15) is 0 Å². The summed E-state index contributed by atoms with van der Waals surface area (Å²) in [4.78, 5) is 14.8. The molecule has 3 rings (SSSR count). The van der Waals surface area contributed by atoms with E-state index in [1.165, 1.54) is 18.2 Å². The monoisotopic (exact) mass is 431 g/mol. The molecule has 148 valence electrons. The van der Waals surface area contributed by atoms with Gasteiger partial charge in [0.15, 0.2) is 0 Å². The summed E-state index contributed by atoms with van der Waals surface area (Å²) < 4.78 is 5.23. The van der Waals surface area contributed by atoms with Crippen molar-refractivity contribution in [3.8, 4) is 5.75 Å². The molecule has 1 amide bonds. The van der Waals surface area contributed by atoms with Crippen LogP contribution in [0.1, 0.15) is 21.5 Å². The summed E-state index contributed by atoms with van der Waals surface area (Å²) in [7, 11) is 1.50. The molecule has 0 radical (unpaired) electrons. The van der Waals surface area contributed by atoms with Crippen molar-refractivity contribution in [3.63, 3.8) is 0 Å². The van der Waals surface area contributed by atoms with Gasteiger partial charge in [-0.3, -0.25) is 9.69 Å². The first-order valence-corrected chi connectivity index (χ1v) is 8.66. The van der Waals surface area contributed by atoms with Gasteiger partial charge in [-0.1, -0.05) is 35.9 Å². The third-order valence-electron chi connectivity index (χ3n) is 4.49. The van der Waals surface area contributed by atoms with Gasteiger partial charge >= 0.3 is 0 Å². The lowest BCUT2D eigenvalue weighted by atomic mass is 10.00. The van der Waals surface area contributed by atoms with Crippen molar-refractivity contribution in [2.45, 2.75) is 13.0 Å². The minimum atomic E-state index is -0.212. The number of benzene rings is 2. The van der Waals surface area contributed by atoms with Crippen LogP contribution >= 0.6 is 36.4 Å². The van der Waals surface area contributed by atoms with Crippen molar-refractivity contribution >= 4 is 48.0 Å². The maximum atomic E-state index is 12.4. The predicted molar refractivity (Wildman–Crippen MR) is 115 cm³/mol. The Kier molecular flexibility index (Phi) is 9.19. The number of hydrogen-bond donors (Lipinski definition) is 2. The van der Waals surface area contributed by atoms with Crippen molar-refractivity contribution in [1.82, 2.24) is 10.2 Å². The van der Waals surface area contributed by atoms with E-state index in [0.717, 1.165) is 26.1 Å². The zero-order valence-corrected chi connectivity index (χ0v) is 17.4. The number of amides is 1. The van der Waals surface area contributed by atoms with E-state index in [1.807, 2.05) is 0 Å². The van der Waals surface area contributed by atoms with Crippen molar-refractivity contribution in [1.29, 1.82) is 0 Å². The van der Waals surface area contributed by atoms with Crippen LogP contribution in [0.3, 0.4) is 0 Å². The number of rotatable bonds is 5. The maximum absolute atomic E-state index is 12.4. The molecule has 1 heterocycles. The normalized spacial score (nSPS) is 13.0. The van der Waals surface area contributed by atoms with Crippen LogP contribution in [0.15, 0.2) is 36.4 Å². The number of nitrogens with one attached hydrogen (secondary N) is 1. The van der Waals surface area contributed by atoms with Crippen LogP contribution in [0.25, 0.3) is 0 Å². The molecule has 2 aromatic carbocycles. The van der Waals surface area contributed by atoms with Crippen LogP contribution in [0.4, 0.5) is 5.69 Å². The molecule has 1 aliphatic heterocycles. The van der Waals surface area contributed by atoms with Crippen molar-refractivity contribution < 1.29 is 9.53 Å². The molecular weight excluding hydrogens is 409 g/mol. The number of nitrogens with two attached hydrogens (primary N) is 1. The fraction of sp³-hybridized carbons (Fsp3) is 0.316. The van der Waals surface area contributed by atoms with E-state index >= 15 is 0 Å². The Morgan fingerprint density at radius 3 is 2.67 bits per heavy atom. The number of methoxy groups -OCH3 is 1. The Labute approximate surface area is 177 Å². The Bertz CT molecular complexity index is 787. The van der Waals surface area contributed by atoms with Crippen LogP contribution in [0, 0.1) is 0 Å². The molecule has 3 N–H and O–H groups in total. The highest BCUT2D eigenvalue weighted by atomic mass is 35.5. The third kappa shape index (κ3) is 5.66. The van der Waals surface area contributed by atoms with E-state index < -0.39 is 0 Å². The van der Waals surface area contributed by atoms with Gasteiger partial charge in [-0.25, -0.2) is 0 Å². The van der Waals surface area contributed by atoms with Gasteiger partial charge in [-0.15, -0.1) is 24.8 Å². The molecule has 0 spiro atoms. The fourth-order valence-corrected chi connectivity index (χ4v) is 3.25. The van der Waals surface area contributed by atoms with Crippen molar-refractivity contribution in [2.24, 2.45) is 0 Å². The summed E-state index contributed by atoms with van der Waals surface area (Å²) >= 11 is 6.02. The Balaban J connectivity index is 0.00000182. The lowest BCUT2D eigenvalue weighted by Gasteiger charge is -2.28. The van der Waals surface area contributed by atoms with Crippen LogP contribution < -0.4 is 15.8 Å². The van der Waals surface area contributed by atoms with E-state index in [1.54, 1.807) is 12.1 Å². The summed E-state index contributed by atoms with van der Waals surface area (Å²) in [5.41, 5.74) is 9.32. The van der Waals surface area contributed by atoms with Crippen LogP contribution in [-0.4, -0.2) is 37.6 Å². The molecule has 0 bridgehead atoms. The third-order valence-corrected chi connectivity index (χ3v) is 4.81. The highest BCUT2D eigenvalue weighted by Gasteiger charge is 2.17. The van der Waals surface area contributed by atoms with Gasteiger partial charge in [0.25, 0.3) is 5.91 Å². The number of halogens is 3. The summed E-state index contributed by atoms with van der Waals surface area (Å²) in [6, 6.07) is 11.6. The van der Waals surface area contributed by atoms with Gasteiger partial charge in [0.05, 0.1) is 23.4 Å². The first kappa shape index (κ1) is 23.4. The summed E-state index contributed by atoms with van der Waals surface area (Å²) in [5.74, 6) is 0.211. The van der Waals surface area contributed by atoms with Gasteiger partial charge in [0, 0.05) is 32.2 Å². The Morgan fingerprint density at radius 2 is 1.96 bits per heavy atom. The minimum Gasteiger partial charge on any atom is -0.496 e. The zero-order chi connectivity index (χ0) is 17.8. The molecule has 5 nitrogen and oxygen atoms in total. The second-order valence-electron chi connectivity index (χ2n) is 6.12. The summed E-state index contributed by atoms with van der Waals surface area (Å²) in [6.07, 6.45) is 1.05. The SMILES string of the molecule is COc1cc(N)c(Cl)cc1C(=O)NCCN1CCc2ccccc2C1.Cl.Cl. The van der Waals surface area contributed by atoms with Gasteiger partial charge in [-0.05, 0) is 23.6 Å². The van der Waals surface area contributed by atoms with E-state index in [4.69, 9.17) is 22.1 Å². The molecule has 0 atom stereocenters. The van der Waals surface area contributed by atoms with Crippen molar-refractivity contribution in [2.75, 3.05) is 32.5 Å². The molecule has 0 saturated carbocycles. The molecule has 2 aromatic rings. The summed E-state index contributed by atoms with van der Waals surface area (Å²) in [5, 5.41) is 3.28. The second-order valence-corrected chi connectivity index (χ2v) is 6.53. The van der Waals surface area contributed by atoms with Crippen LogP contribution in [-0.2, 0) is 13.0 Å². The van der Waals surface area contributed by atoms with Crippen LogP contribution in [0.5, 0.6) is 5.75 Å². The quantitative estimate of drug-likeness (QED) is 0.709.